The first-order valence-corrected chi connectivity index (χ1v) is 9.72. The van der Waals surface area contributed by atoms with E-state index >= 15 is 0 Å². The summed E-state index contributed by atoms with van der Waals surface area (Å²) in [6.45, 7) is 1.38. The molecule has 0 atom stereocenters. The predicted molar refractivity (Wildman–Crippen MR) is 114 cm³/mol. The molecule has 0 radical (unpaired) electrons. The van der Waals surface area contributed by atoms with E-state index in [9.17, 15) is 4.79 Å². The van der Waals surface area contributed by atoms with Crippen molar-refractivity contribution >= 4 is 16.8 Å². The van der Waals surface area contributed by atoms with Crippen molar-refractivity contribution in [3.8, 4) is 0 Å². The van der Waals surface area contributed by atoms with Crippen LogP contribution in [0.4, 0.5) is 0 Å². The second kappa shape index (κ2) is 8.57. The smallest absolute Gasteiger partial charge is 0.221 e. The second-order valence-electron chi connectivity index (χ2n) is 7.00. The summed E-state index contributed by atoms with van der Waals surface area (Å²) in [7, 11) is 0. The molecule has 0 unspecified atom stereocenters. The molecule has 0 saturated heterocycles. The summed E-state index contributed by atoms with van der Waals surface area (Å²) in [5.74, 6) is 0.143. The lowest BCUT2D eigenvalue weighted by atomic mass is 9.88. The number of nitrogens with zero attached hydrogens (tertiary/aromatic N) is 1. The van der Waals surface area contributed by atoms with E-state index in [2.05, 4.69) is 58.5 Å². The second-order valence-corrected chi connectivity index (χ2v) is 7.00. The van der Waals surface area contributed by atoms with Crippen molar-refractivity contribution in [2.45, 2.75) is 18.9 Å². The third-order valence-corrected chi connectivity index (χ3v) is 5.15. The van der Waals surface area contributed by atoms with E-state index in [0.717, 1.165) is 6.54 Å². The number of benzene rings is 3. The Hall–Kier alpha value is -3.33. The van der Waals surface area contributed by atoms with Gasteiger partial charge in [0.05, 0.1) is 0 Å². The summed E-state index contributed by atoms with van der Waals surface area (Å²) in [6.07, 6.45) is 2.52. The minimum Gasteiger partial charge on any atom is -0.354 e. The van der Waals surface area contributed by atoms with Crippen LogP contribution in [0.15, 0.2) is 97.2 Å². The van der Waals surface area contributed by atoms with Gasteiger partial charge < -0.3 is 9.88 Å². The summed E-state index contributed by atoms with van der Waals surface area (Å²) in [5, 5.41) is 4.32. The maximum Gasteiger partial charge on any atom is 0.221 e. The minimum absolute atomic E-state index is 0.0646. The lowest BCUT2D eigenvalue weighted by Crippen LogP contribution is -2.28. The lowest BCUT2D eigenvalue weighted by Gasteiger charge is -2.18. The molecule has 140 valence electrons. The Morgan fingerprint density at radius 3 is 2.07 bits per heavy atom. The number of fused-ring (bicyclic) bond motifs is 1. The van der Waals surface area contributed by atoms with E-state index < -0.39 is 0 Å². The number of carbonyl (C=O) groups is 1. The average molecular weight is 368 g/mol. The van der Waals surface area contributed by atoms with E-state index in [4.69, 9.17) is 0 Å². The van der Waals surface area contributed by atoms with Crippen LogP contribution in [0.5, 0.6) is 0 Å². The quantitative estimate of drug-likeness (QED) is 0.490. The zero-order valence-corrected chi connectivity index (χ0v) is 15.8. The van der Waals surface area contributed by atoms with Gasteiger partial charge in [-0.15, -0.1) is 0 Å². The van der Waals surface area contributed by atoms with Gasteiger partial charge in [-0.25, -0.2) is 0 Å². The molecular weight excluding hydrogens is 344 g/mol. The van der Waals surface area contributed by atoms with E-state index in [1.165, 1.54) is 22.0 Å². The third-order valence-electron chi connectivity index (χ3n) is 5.15. The number of amides is 1. The number of nitrogens with one attached hydrogen (secondary N) is 1. The SMILES string of the molecule is O=C(CC(c1ccccc1)c1ccccc1)NCCn1ccc2ccccc21. The van der Waals surface area contributed by atoms with Gasteiger partial charge in [0, 0.05) is 37.1 Å². The van der Waals surface area contributed by atoms with Gasteiger partial charge in [0.25, 0.3) is 0 Å². The fraction of sp³-hybridized carbons (Fsp3) is 0.160. The van der Waals surface area contributed by atoms with Crippen molar-refractivity contribution in [1.82, 2.24) is 9.88 Å². The van der Waals surface area contributed by atoms with Crippen molar-refractivity contribution in [2.24, 2.45) is 0 Å². The van der Waals surface area contributed by atoms with Crippen LogP contribution in [0.2, 0.25) is 0 Å². The van der Waals surface area contributed by atoms with Crippen molar-refractivity contribution < 1.29 is 4.79 Å². The molecule has 1 N–H and O–H groups in total. The highest BCUT2D eigenvalue weighted by molar-refractivity contribution is 5.80. The lowest BCUT2D eigenvalue weighted by molar-refractivity contribution is -0.121. The van der Waals surface area contributed by atoms with Crippen LogP contribution in [0.3, 0.4) is 0 Å². The van der Waals surface area contributed by atoms with Crippen LogP contribution < -0.4 is 5.32 Å². The third kappa shape index (κ3) is 4.15. The Kier molecular flexibility index (Phi) is 5.53. The molecular formula is C25H24N2O. The molecule has 0 aliphatic heterocycles. The molecule has 1 heterocycles. The Bertz CT molecular complexity index is 998. The molecule has 1 amide bonds. The largest absolute Gasteiger partial charge is 0.354 e. The van der Waals surface area contributed by atoms with Crippen LogP contribution in [0, 0.1) is 0 Å². The molecule has 3 nitrogen and oxygen atoms in total. The Morgan fingerprint density at radius 1 is 0.786 bits per heavy atom. The van der Waals surface area contributed by atoms with E-state index in [1.54, 1.807) is 0 Å². The zero-order chi connectivity index (χ0) is 19.2. The fourth-order valence-corrected chi connectivity index (χ4v) is 3.71. The number of para-hydroxylation sites is 1. The summed E-state index contributed by atoms with van der Waals surface area (Å²) in [6, 6.07) is 30.9. The van der Waals surface area contributed by atoms with Crippen LogP contribution >= 0.6 is 0 Å². The first-order chi connectivity index (χ1) is 13.8. The summed E-state index contributed by atoms with van der Waals surface area (Å²) >= 11 is 0. The highest BCUT2D eigenvalue weighted by Gasteiger charge is 2.17. The van der Waals surface area contributed by atoms with Crippen molar-refractivity contribution in [3.63, 3.8) is 0 Å². The molecule has 0 spiro atoms. The molecule has 0 saturated carbocycles. The fourth-order valence-electron chi connectivity index (χ4n) is 3.71. The normalized spacial score (nSPS) is 11.0. The molecule has 3 aromatic carbocycles. The average Bonchev–Trinajstić information content (AvgIpc) is 3.16. The monoisotopic (exact) mass is 368 g/mol. The first-order valence-electron chi connectivity index (χ1n) is 9.72. The Balaban J connectivity index is 1.40. The molecule has 0 aliphatic carbocycles. The Labute approximate surface area is 165 Å². The van der Waals surface area contributed by atoms with Crippen molar-refractivity contribution in [1.29, 1.82) is 0 Å². The van der Waals surface area contributed by atoms with Gasteiger partial charge in [-0.2, -0.15) is 0 Å². The first kappa shape index (κ1) is 18.1. The highest BCUT2D eigenvalue weighted by atomic mass is 16.1. The van der Waals surface area contributed by atoms with Crippen LogP contribution in [0.25, 0.3) is 10.9 Å². The number of carbonyl (C=O) groups excluding carboxylic acids is 1. The zero-order valence-electron chi connectivity index (χ0n) is 15.8. The van der Waals surface area contributed by atoms with Gasteiger partial charge in [-0.05, 0) is 28.6 Å². The maximum atomic E-state index is 12.7. The standard InChI is InChI=1S/C25H24N2O/c28-25(26-16-18-27-17-15-22-13-7-8-14-24(22)27)19-23(20-9-3-1-4-10-20)21-11-5-2-6-12-21/h1-15,17,23H,16,18-19H2,(H,26,28). The topological polar surface area (TPSA) is 34.0 Å². The van der Waals surface area contributed by atoms with Crippen LogP contribution in [0.1, 0.15) is 23.5 Å². The van der Waals surface area contributed by atoms with E-state index in [1.807, 2.05) is 48.5 Å². The number of hydrogen-bond acceptors (Lipinski definition) is 1. The molecule has 28 heavy (non-hydrogen) atoms. The minimum atomic E-state index is 0.0646. The number of hydrogen-bond donors (Lipinski definition) is 1. The van der Waals surface area contributed by atoms with Crippen molar-refractivity contribution in [3.05, 3.63) is 108 Å². The van der Waals surface area contributed by atoms with Gasteiger partial charge in [0.1, 0.15) is 0 Å². The van der Waals surface area contributed by atoms with E-state index in [0.29, 0.717) is 13.0 Å². The molecule has 4 rings (SSSR count). The van der Waals surface area contributed by atoms with Gasteiger partial charge in [0.2, 0.25) is 5.91 Å². The molecule has 3 heteroatoms. The summed E-state index contributed by atoms with van der Waals surface area (Å²) in [4.78, 5) is 12.7. The summed E-state index contributed by atoms with van der Waals surface area (Å²) in [5.41, 5.74) is 3.53. The highest BCUT2D eigenvalue weighted by Crippen LogP contribution is 2.27. The van der Waals surface area contributed by atoms with Gasteiger partial charge in [-0.1, -0.05) is 78.9 Å². The Morgan fingerprint density at radius 2 is 1.39 bits per heavy atom. The van der Waals surface area contributed by atoms with Gasteiger partial charge in [-0.3, -0.25) is 4.79 Å². The van der Waals surface area contributed by atoms with Gasteiger partial charge in [0.15, 0.2) is 0 Å². The predicted octanol–water partition coefficient (Wildman–Crippen LogP) is 4.98. The number of rotatable bonds is 7. The maximum absolute atomic E-state index is 12.7. The summed E-state index contributed by atoms with van der Waals surface area (Å²) < 4.78 is 2.18. The number of aromatic nitrogens is 1. The molecule has 0 fully saturated rings. The van der Waals surface area contributed by atoms with Crippen molar-refractivity contribution in [2.75, 3.05) is 6.54 Å². The molecule has 4 aromatic rings. The molecule has 0 bridgehead atoms. The molecule has 1 aromatic heterocycles. The van der Waals surface area contributed by atoms with Crippen LogP contribution in [-0.4, -0.2) is 17.0 Å². The van der Waals surface area contributed by atoms with Gasteiger partial charge >= 0.3 is 0 Å². The van der Waals surface area contributed by atoms with E-state index in [-0.39, 0.29) is 11.8 Å². The molecule has 0 aliphatic rings. The van der Waals surface area contributed by atoms with Crippen LogP contribution in [-0.2, 0) is 11.3 Å².